The van der Waals surface area contributed by atoms with Crippen molar-refractivity contribution in [2.45, 2.75) is 70.9 Å². The summed E-state index contributed by atoms with van der Waals surface area (Å²) in [6.07, 6.45) is -2.48. The Morgan fingerprint density at radius 1 is 1.21 bits per heavy atom. The van der Waals surface area contributed by atoms with Crippen LogP contribution in [0.1, 0.15) is 60.7 Å². The number of fused-ring (bicyclic) bond motifs is 1. The lowest BCUT2D eigenvalue weighted by atomic mass is 10.0. The fourth-order valence-corrected chi connectivity index (χ4v) is 4.66. The summed E-state index contributed by atoms with van der Waals surface area (Å²) in [6, 6.07) is 3.89. The molecule has 5 nitrogen and oxygen atoms in total. The molecule has 0 bridgehead atoms. The van der Waals surface area contributed by atoms with Crippen molar-refractivity contribution in [3.63, 3.8) is 0 Å². The molecule has 1 aromatic heterocycles. The lowest BCUT2D eigenvalue weighted by molar-refractivity contribution is -0.173. The molecule has 1 aromatic carbocycles. The molecule has 0 aliphatic carbocycles. The Labute approximate surface area is 168 Å². The zero-order valence-corrected chi connectivity index (χ0v) is 16.9. The summed E-state index contributed by atoms with van der Waals surface area (Å²) in [4.78, 5) is 2.27. The van der Waals surface area contributed by atoms with Crippen LogP contribution in [-0.4, -0.2) is 38.5 Å². The van der Waals surface area contributed by atoms with Gasteiger partial charge in [-0.3, -0.25) is 4.90 Å². The van der Waals surface area contributed by atoms with E-state index in [-0.39, 0.29) is 18.5 Å². The Kier molecular flexibility index (Phi) is 5.01. The van der Waals surface area contributed by atoms with E-state index in [1.165, 1.54) is 0 Å². The highest BCUT2D eigenvalue weighted by Gasteiger charge is 2.46. The van der Waals surface area contributed by atoms with Gasteiger partial charge in [-0.2, -0.15) is 18.3 Å². The van der Waals surface area contributed by atoms with Crippen molar-refractivity contribution in [3.05, 3.63) is 40.6 Å². The quantitative estimate of drug-likeness (QED) is 0.762. The van der Waals surface area contributed by atoms with E-state index < -0.39 is 12.2 Å². The van der Waals surface area contributed by atoms with Gasteiger partial charge in [0.25, 0.3) is 0 Å². The average Bonchev–Trinajstić information content (AvgIpc) is 3.24. The van der Waals surface area contributed by atoms with Crippen LogP contribution in [0.4, 0.5) is 19.0 Å². The van der Waals surface area contributed by atoms with E-state index in [4.69, 9.17) is 0 Å². The minimum atomic E-state index is -4.31. The monoisotopic (exact) mass is 408 g/mol. The van der Waals surface area contributed by atoms with Crippen molar-refractivity contribution in [2.75, 3.05) is 11.9 Å². The predicted octanol–water partition coefficient (Wildman–Crippen LogP) is 4.85. The van der Waals surface area contributed by atoms with Gasteiger partial charge in [0.2, 0.25) is 0 Å². The molecule has 0 spiro atoms. The smallest absolute Gasteiger partial charge is 0.410 e. The van der Waals surface area contributed by atoms with Crippen molar-refractivity contribution in [3.8, 4) is 5.75 Å². The number of aromatic hydroxyl groups is 1. The molecule has 29 heavy (non-hydrogen) atoms. The maximum Gasteiger partial charge on any atom is 0.410 e. The highest BCUT2D eigenvalue weighted by atomic mass is 19.4. The number of alkyl halides is 3. The second kappa shape index (κ2) is 7.23. The fraction of sp³-hybridized carbons (Fsp3) is 0.571. The lowest BCUT2D eigenvalue weighted by Crippen LogP contribution is -2.37. The summed E-state index contributed by atoms with van der Waals surface area (Å²) < 4.78 is 41.7. The molecule has 158 valence electrons. The minimum Gasteiger partial charge on any atom is -0.507 e. The van der Waals surface area contributed by atoms with Crippen molar-refractivity contribution < 1.29 is 18.3 Å². The van der Waals surface area contributed by atoms with E-state index in [0.29, 0.717) is 23.8 Å². The van der Waals surface area contributed by atoms with E-state index >= 15 is 0 Å². The zero-order chi connectivity index (χ0) is 20.9. The van der Waals surface area contributed by atoms with Crippen LogP contribution in [0.3, 0.4) is 0 Å². The van der Waals surface area contributed by atoms with Crippen LogP contribution < -0.4 is 5.32 Å². The van der Waals surface area contributed by atoms with Gasteiger partial charge >= 0.3 is 6.18 Å². The first-order chi connectivity index (χ1) is 13.6. The molecule has 0 unspecified atom stereocenters. The Morgan fingerprint density at radius 3 is 2.55 bits per heavy atom. The molecule has 4 rings (SSSR count). The summed E-state index contributed by atoms with van der Waals surface area (Å²) in [7, 11) is 0. The summed E-state index contributed by atoms with van der Waals surface area (Å²) in [5.41, 5.74) is 3.45. The molecular weight excluding hydrogens is 381 g/mol. The van der Waals surface area contributed by atoms with Crippen LogP contribution in [0, 0.1) is 13.8 Å². The number of halogens is 3. The lowest BCUT2D eigenvalue weighted by Gasteiger charge is -2.31. The third-order valence-corrected chi connectivity index (χ3v) is 6.04. The maximum atomic E-state index is 13.5. The molecule has 2 N–H and O–H groups in total. The number of likely N-dealkylation sites (tertiary alicyclic amines) is 1. The second-order valence-corrected chi connectivity index (χ2v) is 8.44. The molecule has 0 saturated carbocycles. The van der Waals surface area contributed by atoms with Crippen molar-refractivity contribution in [1.29, 1.82) is 0 Å². The number of nitrogens with zero attached hydrogens (tertiary/aromatic N) is 3. The summed E-state index contributed by atoms with van der Waals surface area (Å²) >= 11 is 0. The fourth-order valence-electron chi connectivity index (χ4n) is 4.66. The van der Waals surface area contributed by atoms with Gasteiger partial charge in [-0.25, -0.2) is 4.68 Å². The highest BCUT2D eigenvalue weighted by molar-refractivity contribution is 5.43. The van der Waals surface area contributed by atoms with Crippen LogP contribution in [0.25, 0.3) is 0 Å². The van der Waals surface area contributed by atoms with Crippen LogP contribution >= 0.6 is 0 Å². The van der Waals surface area contributed by atoms with Crippen molar-refractivity contribution >= 4 is 5.82 Å². The van der Waals surface area contributed by atoms with Gasteiger partial charge in [0.05, 0.1) is 11.7 Å². The van der Waals surface area contributed by atoms with Gasteiger partial charge < -0.3 is 10.4 Å². The predicted molar refractivity (Wildman–Crippen MR) is 105 cm³/mol. The Bertz CT molecular complexity index is 885. The summed E-state index contributed by atoms with van der Waals surface area (Å²) in [6.45, 7) is 7.08. The molecule has 2 aromatic rings. The van der Waals surface area contributed by atoms with Gasteiger partial charge in [-0.05, 0) is 63.3 Å². The molecule has 0 amide bonds. The number of phenolic OH excluding ortho intramolecular Hbond substituents is 1. The normalized spacial score (nSPS) is 25.1. The van der Waals surface area contributed by atoms with E-state index in [0.717, 1.165) is 40.8 Å². The molecule has 1 saturated heterocycles. The third kappa shape index (κ3) is 3.82. The van der Waals surface area contributed by atoms with Gasteiger partial charge in [-0.15, -0.1) is 0 Å². The molecule has 2 aliphatic rings. The topological polar surface area (TPSA) is 53.3 Å². The number of hydrogen-bond donors (Lipinski definition) is 2. The van der Waals surface area contributed by atoms with Gasteiger partial charge in [0.1, 0.15) is 11.6 Å². The zero-order valence-electron chi connectivity index (χ0n) is 16.9. The van der Waals surface area contributed by atoms with Gasteiger partial charge in [0, 0.05) is 18.7 Å². The Hall–Kier alpha value is -2.22. The molecule has 3 heterocycles. The standard InChI is InChI=1S/C21H27F3N4O/c1-12-7-15(8-13(2)20(12)29)11-27-6-4-5-17(27)16-10-19-25-14(3)9-18(21(22,23)24)28(19)26-16/h7-8,10,14,17-18,25,29H,4-6,9,11H2,1-3H3/t14-,17+,18-/m1/s1. The SMILES string of the molecule is Cc1cc(CN2CCC[C@H]2c2cc3n(n2)[C@@H](C(F)(F)F)C[C@@H](C)N3)cc(C)c1O. The number of benzene rings is 1. The molecule has 8 heteroatoms. The maximum absolute atomic E-state index is 13.5. The van der Waals surface area contributed by atoms with E-state index in [1.54, 1.807) is 13.0 Å². The second-order valence-electron chi connectivity index (χ2n) is 8.44. The number of nitrogens with one attached hydrogen (secondary N) is 1. The van der Waals surface area contributed by atoms with Crippen molar-refractivity contribution in [1.82, 2.24) is 14.7 Å². The largest absolute Gasteiger partial charge is 0.507 e. The van der Waals surface area contributed by atoms with Gasteiger partial charge in [-0.1, -0.05) is 12.1 Å². The first kappa shape index (κ1) is 20.1. The van der Waals surface area contributed by atoms with E-state index in [9.17, 15) is 18.3 Å². The molecule has 1 fully saturated rings. The summed E-state index contributed by atoms with van der Waals surface area (Å²) in [5, 5.41) is 17.6. The first-order valence-corrected chi connectivity index (χ1v) is 10.1. The Balaban J connectivity index is 1.60. The summed E-state index contributed by atoms with van der Waals surface area (Å²) in [5.74, 6) is 0.760. The first-order valence-electron chi connectivity index (χ1n) is 10.1. The number of hydrogen-bond acceptors (Lipinski definition) is 4. The Morgan fingerprint density at radius 2 is 1.90 bits per heavy atom. The average molecular weight is 408 g/mol. The molecule has 0 radical (unpaired) electrons. The number of rotatable bonds is 3. The van der Waals surface area contributed by atoms with Crippen molar-refractivity contribution in [2.24, 2.45) is 0 Å². The van der Waals surface area contributed by atoms with Crippen LogP contribution in [0.15, 0.2) is 18.2 Å². The van der Waals surface area contributed by atoms with Crippen LogP contribution in [0.2, 0.25) is 0 Å². The highest BCUT2D eigenvalue weighted by Crippen LogP contribution is 2.41. The molecular formula is C21H27F3N4O. The molecule has 3 atom stereocenters. The number of aromatic nitrogens is 2. The van der Waals surface area contributed by atoms with E-state index in [2.05, 4.69) is 15.3 Å². The minimum absolute atomic E-state index is 0.00601. The molecule has 2 aliphatic heterocycles. The van der Waals surface area contributed by atoms with Gasteiger partial charge in [0.15, 0.2) is 6.04 Å². The third-order valence-electron chi connectivity index (χ3n) is 6.04. The number of anilines is 1. The van der Waals surface area contributed by atoms with E-state index in [1.807, 2.05) is 26.0 Å². The number of aryl methyl sites for hydroxylation is 2. The number of phenols is 1. The van der Waals surface area contributed by atoms with Crippen LogP contribution in [0.5, 0.6) is 5.75 Å². The van der Waals surface area contributed by atoms with Crippen LogP contribution in [-0.2, 0) is 6.54 Å².